The van der Waals surface area contributed by atoms with Crippen molar-refractivity contribution in [3.8, 4) is 5.75 Å². The van der Waals surface area contributed by atoms with E-state index in [2.05, 4.69) is 29.2 Å². The van der Waals surface area contributed by atoms with Crippen LogP contribution in [0.5, 0.6) is 5.75 Å². The predicted octanol–water partition coefficient (Wildman–Crippen LogP) is 2.59. The van der Waals surface area contributed by atoms with Crippen molar-refractivity contribution in [2.45, 2.75) is 13.0 Å². The standard InChI is InChI=1S/C17H20N2O/c18-13-14-5-7-16(8-6-14)20-12-11-19-10-9-15-3-1-2-4-17(15)19/h1-8H,9-13,18H2. The SMILES string of the molecule is NCc1ccc(OCCN2CCc3ccccc32)cc1. The molecule has 20 heavy (non-hydrogen) atoms. The van der Waals surface area contributed by atoms with Crippen LogP contribution in [0.15, 0.2) is 48.5 Å². The van der Waals surface area contributed by atoms with E-state index in [1.807, 2.05) is 24.3 Å². The van der Waals surface area contributed by atoms with Gasteiger partial charge in [0, 0.05) is 18.8 Å². The van der Waals surface area contributed by atoms with Crippen molar-refractivity contribution in [3.05, 3.63) is 59.7 Å². The van der Waals surface area contributed by atoms with Crippen LogP contribution in [0.2, 0.25) is 0 Å². The maximum Gasteiger partial charge on any atom is 0.119 e. The lowest BCUT2D eigenvalue weighted by atomic mass is 10.2. The van der Waals surface area contributed by atoms with Gasteiger partial charge in [0.05, 0.1) is 6.54 Å². The topological polar surface area (TPSA) is 38.5 Å². The molecule has 2 N–H and O–H groups in total. The maximum absolute atomic E-state index is 5.80. The summed E-state index contributed by atoms with van der Waals surface area (Å²) in [5, 5.41) is 0. The molecule has 0 atom stereocenters. The van der Waals surface area contributed by atoms with E-state index in [-0.39, 0.29) is 0 Å². The monoisotopic (exact) mass is 268 g/mol. The molecule has 1 aliphatic heterocycles. The van der Waals surface area contributed by atoms with Crippen LogP contribution in [0.1, 0.15) is 11.1 Å². The molecular formula is C17H20N2O. The summed E-state index contributed by atoms with van der Waals surface area (Å²) in [5.74, 6) is 0.912. The molecule has 1 aliphatic rings. The molecule has 0 amide bonds. The summed E-state index contributed by atoms with van der Waals surface area (Å²) in [5.41, 5.74) is 9.51. The largest absolute Gasteiger partial charge is 0.492 e. The third-order valence-corrected chi connectivity index (χ3v) is 3.77. The van der Waals surface area contributed by atoms with Crippen LogP contribution in [-0.4, -0.2) is 19.7 Å². The second-order valence-corrected chi connectivity index (χ2v) is 5.06. The first-order valence-corrected chi connectivity index (χ1v) is 7.11. The van der Waals surface area contributed by atoms with E-state index >= 15 is 0 Å². The first-order valence-electron chi connectivity index (χ1n) is 7.11. The fourth-order valence-electron chi connectivity index (χ4n) is 2.63. The molecule has 0 spiro atoms. The highest BCUT2D eigenvalue weighted by Gasteiger charge is 2.17. The number of benzene rings is 2. The van der Waals surface area contributed by atoms with Gasteiger partial charge >= 0.3 is 0 Å². The molecule has 3 nitrogen and oxygen atoms in total. The van der Waals surface area contributed by atoms with E-state index < -0.39 is 0 Å². The number of hydrogen-bond donors (Lipinski definition) is 1. The maximum atomic E-state index is 5.80. The van der Waals surface area contributed by atoms with Gasteiger partial charge in [0.15, 0.2) is 0 Å². The van der Waals surface area contributed by atoms with Crippen molar-refractivity contribution in [2.75, 3.05) is 24.6 Å². The van der Waals surface area contributed by atoms with E-state index in [4.69, 9.17) is 10.5 Å². The second-order valence-electron chi connectivity index (χ2n) is 5.06. The quantitative estimate of drug-likeness (QED) is 0.906. The molecule has 3 rings (SSSR count). The van der Waals surface area contributed by atoms with Crippen LogP contribution in [0, 0.1) is 0 Å². The van der Waals surface area contributed by atoms with Gasteiger partial charge in [0.25, 0.3) is 0 Å². The Labute approximate surface area is 120 Å². The summed E-state index contributed by atoms with van der Waals surface area (Å²) in [4.78, 5) is 2.39. The highest BCUT2D eigenvalue weighted by molar-refractivity contribution is 5.57. The number of rotatable bonds is 5. The minimum absolute atomic E-state index is 0.574. The van der Waals surface area contributed by atoms with Crippen molar-refractivity contribution >= 4 is 5.69 Å². The Morgan fingerprint density at radius 3 is 2.65 bits per heavy atom. The lowest BCUT2D eigenvalue weighted by molar-refractivity contribution is 0.324. The van der Waals surface area contributed by atoms with Gasteiger partial charge in [0.2, 0.25) is 0 Å². The van der Waals surface area contributed by atoms with E-state index in [0.717, 1.165) is 30.8 Å². The molecule has 0 radical (unpaired) electrons. The van der Waals surface area contributed by atoms with Gasteiger partial charge in [-0.1, -0.05) is 30.3 Å². The number of hydrogen-bond acceptors (Lipinski definition) is 3. The van der Waals surface area contributed by atoms with Gasteiger partial charge < -0.3 is 15.4 Å². The summed E-state index contributed by atoms with van der Waals surface area (Å²) in [6, 6.07) is 16.6. The summed E-state index contributed by atoms with van der Waals surface area (Å²) >= 11 is 0. The lowest BCUT2D eigenvalue weighted by Gasteiger charge is -2.19. The third kappa shape index (κ3) is 2.78. The van der Waals surface area contributed by atoms with Crippen LogP contribution in [0.4, 0.5) is 5.69 Å². The molecular weight excluding hydrogens is 248 g/mol. The summed E-state index contributed by atoms with van der Waals surface area (Å²) in [7, 11) is 0. The van der Waals surface area contributed by atoms with Crippen molar-refractivity contribution in [3.63, 3.8) is 0 Å². The van der Waals surface area contributed by atoms with Gasteiger partial charge in [-0.2, -0.15) is 0 Å². The van der Waals surface area contributed by atoms with Gasteiger partial charge in [-0.05, 0) is 35.7 Å². The van der Waals surface area contributed by atoms with Gasteiger partial charge in [0.1, 0.15) is 12.4 Å². The average molecular weight is 268 g/mol. The minimum Gasteiger partial charge on any atom is -0.492 e. The first kappa shape index (κ1) is 13.0. The Hall–Kier alpha value is -2.00. The Bertz CT molecular complexity index is 565. The predicted molar refractivity (Wildman–Crippen MR) is 82.2 cm³/mol. The Balaban J connectivity index is 1.53. The van der Waals surface area contributed by atoms with Crippen molar-refractivity contribution in [1.82, 2.24) is 0 Å². The number of para-hydroxylation sites is 1. The molecule has 2 aromatic rings. The molecule has 0 saturated carbocycles. The van der Waals surface area contributed by atoms with E-state index in [0.29, 0.717) is 13.2 Å². The van der Waals surface area contributed by atoms with Gasteiger partial charge in [-0.25, -0.2) is 0 Å². The molecule has 2 aromatic carbocycles. The summed E-state index contributed by atoms with van der Waals surface area (Å²) in [6.07, 6.45) is 1.14. The summed E-state index contributed by atoms with van der Waals surface area (Å²) in [6.45, 7) is 3.30. The lowest BCUT2D eigenvalue weighted by Crippen LogP contribution is -2.26. The molecule has 1 heterocycles. The molecule has 0 bridgehead atoms. The number of ether oxygens (including phenoxy) is 1. The molecule has 0 unspecified atom stereocenters. The van der Waals surface area contributed by atoms with Gasteiger partial charge in [-0.15, -0.1) is 0 Å². The molecule has 104 valence electrons. The van der Waals surface area contributed by atoms with Crippen LogP contribution in [-0.2, 0) is 13.0 Å². The van der Waals surface area contributed by atoms with E-state index in [1.165, 1.54) is 11.3 Å². The number of nitrogens with two attached hydrogens (primary N) is 1. The minimum atomic E-state index is 0.574. The van der Waals surface area contributed by atoms with Crippen molar-refractivity contribution in [2.24, 2.45) is 5.73 Å². The van der Waals surface area contributed by atoms with Crippen molar-refractivity contribution in [1.29, 1.82) is 0 Å². The fourth-order valence-corrected chi connectivity index (χ4v) is 2.63. The second kappa shape index (κ2) is 5.97. The van der Waals surface area contributed by atoms with Crippen LogP contribution in [0.25, 0.3) is 0 Å². The fraction of sp³-hybridized carbons (Fsp3) is 0.294. The zero-order valence-electron chi connectivity index (χ0n) is 11.6. The van der Waals surface area contributed by atoms with E-state index in [1.54, 1.807) is 0 Å². The Kier molecular flexibility index (Phi) is 3.88. The van der Waals surface area contributed by atoms with Crippen LogP contribution >= 0.6 is 0 Å². The zero-order chi connectivity index (χ0) is 13.8. The third-order valence-electron chi connectivity index (χ3n) is 3.77. The number of nitrogens with zero attached hydrogens (tertiary/aromatic N) is 1. The van der Waals surface area contributed by atoms with E-state index in [9.17, 15) is 0 Å². The smallest absolute Gasteiger partial charge is 0.119 e. The zero-order valence-corrected chi connectivity index (χ0v) is 11.6. The van der Waals surface area contributed by atoms with Crippen molar-refractivity contribution < 1.29 is 4.74 Å². The number of anilines is 1. The van der Waals surface area contributed by atoms with Crippen LogP contribution < -0.4 is 15.4 Å². The van der Waals surface area contributed by atoms with Crippen LogP contribution in [0.3, 0.4) is 0 Å². The molecule has 0 aromatic heterocycles. The molecule has 0 fully saturated rings. The first-order chi connectivity index (χ1) is 9.86. The Morgan fingerprint density at radius 2 is 1.85 bits per heavy atom. The average Bonchev–Trinajstić information content (AvgIpc) is 2.92. The molecule has 0 saturated heterocycles. The normalized spacial score (nSPS) is 13.3. The number of fused-ring (bicyclic) bond motifs is 1. The molecule has 0 aliphatic carbocycles. The highest BCUT2D eigenvalue weighted by Crippen LogP contribution is 2.26. The molecule has 3 heteroatoms. The van der Waals surface area contributed by atoms with Gasteiger partial charge in [-0.3, -0.25) is 0 Å². The summed E-state index contributed by atoms with van der Waals surface area (Å²) < 4.78 is 5.80. The Morgan fingerprint density at radius 1 is 1.05 bits per heavy atom. The highest BCUT2D eigenvalue weighted by atomic mass is 16.5.